The van der Waals surface area contributed by atoms with Crippen LogP contribution in [-0.2, 0) is 19.2 Å². The molecule has 2 atom stereocenters. The number of aromatic amines is 1. The average molecular weight is 928 g/mol. The van der Waals surface area contributed by atoms with Gasteiger partial charge in [0.05, 0.1) is 22.1 Å². The molecule has 4 N–H and O–H groups in total. The van der Waals surface area contributed by atoms with Crippen LogP contribution in [0.2, 0.25) is 10.0 Å². The van der Waals surface area contributed by atoms with Crippen molar-refractivity contribution in [1.82, 2.24) is 40.6 Å². The minimum absolute atomic E-state index is 0.0172. The van der Waals surface area contributed by atoms with Crippen molar-refractivity contribution in [2.45, 2.75) is 70.9 Å². The van der Waals surface area contributed by atoms with E-state index in [-0.39, 0.29) is 42.4 Å². The molecule has 0 aliphatic carbocycles. The van der Waals surface area contributed by atoms with Crippen molar-refractivity contribution in [3.05, 3.63) is 94.1 Å². The Bertz CT molecular complexity index is 2540. The maximum atomic E-state index is 15.2. The number of imide groups is 1. The van der Waals surface area contributed by atoms with E-state index < -0.39 is 23.5 Å². The van der Waals surface area contributed by atoms with Gasteiger partial charge in [0.25, 0.3) is 0 Å². The first kappa shape index (κ1) is 45.7. The first-order valence-corrected chi connectivity index (χ1v) is 22.8. The van der Waals surface area contributed by atoms with Crippen molar-refractivity contribution in [2.75, 3.05) is 62.6 Å². The largest absolute Gasteiger partial charge is 0.486 e. The number of H-pyrrole nitrogens is 1. The number of piperidine rings is 2. The second kappa shape index (κ2) is 19.7. The fourth-order valence-corrected chi connectivity index (χ4v) is 9.49. The fourth-order valence-electron chi connectivity index (χ4n) is 8.82. The smallest absolute Gasteiger partial charge is 0.249 e. The number of aromatic nitrogens is 4. The monoisotopic (exact) mass is 926 g/mol. The van der Waals surface area contributed by atoms with Gasteiger partial charge < -0.3 is 25.2 Å². The van der Waals surface area contributed by atoms with Crippen molar-refractivity contribution in [2.24, 2.45) is 5.41 Å². The number of piperazine rings is 1. The minimum Gasteiger partial charge on any atom is -0.486 e. The zero-order valence-corrected chi connectivity index (χ0v) is 38.1. The normalized spacial score (nSPS) is 18.1. The van der Waals surface area contributed by atoms with Crippen LogP contribution >= 0.6 is 23.2 Å². The highest BCUT2D eigenvalue weighted by Gasteiger charge is 2.31. The number of anilines is 2. The summed E-state index contributed by atoms with van der Waals surface area (Å²) in [5.74, 6) is 0.378. The van der Waals surface area contributed by atoms with Crippen LogP contribution < -0.4 is 25.6 Å². The number of halogens is 3. The van der Waals surface area contributed by atoms with Gasteiger partial charge in [-0.3, -0.25) is 39.5 Å². The topological polar surface area (TPSA) is 178 Å². The third-order valence-corrected chi connectivity index (χ3v) is 13.1. The number of rotatable bonds is 14. The van der Waals surface area contributed by atoms with Crippen LogP contribution in [0, 0.1) is 11.2 Å². The van der Waals surface area contributed by atoms with Gasteiger partial charge in [0.2, 0.25) is 23.6 Å². The van der Waals surface area contributed by atoms with Crippen molar-refractivity contribution in [3.63, 3.8) is 0 Å². The number of carbonyl (C=O) groups is 4. The van der Waals surface area contributed by atoms with Gasteiger partial charge in [0.15, 0.2) is 0 Å². The molecule has 4 amide bonds. The summed E-state index contributed by atoms with van der Waals surface area (Å²) in [5.41, 5.74) is 3.77. The molecular formula is C47H53Cl2FN10O5. The lowest BCUT2D eigenvalue weighted by Crippen LogP contribution is -2.50. The molecule has 0 saturated carbocycles. The standard InChI is InChI=1S/C47H53Cl2FN10O5/c1-28(44-35(48)24-51-25-36(44)49)65-32-6-8-38-34(21-32)45(57-56-38)30-4-10-40(52-23-30)59-16-18-60(19-17-59)43(63)22-47(2,3)27-53-42(62)26-58-14-12-29(13-15-58)33-7-5-31(20-37(33)50)54-39-9-11-41(61)55-46(39)64/h4-8,10,20-21,23-25,28-29,39,54H,9,11-19,22,26-27H2,1-3H3,(H,53,62)(H,56,57)(H,55,61,64)/t28-,39?/m1/s1. The van der Waals surface area contributed by atoms with E-state index in [1.165, 1.54) is 6.07 Å². The first-order chi connectivity index (χ1) is 31.2. The van der Waals surface area contributed by atoms with Gasteiger partial charge in [-0.2, -0.15) is 5.10 Å². The molecular weight excluding hydrogens is 874 g/mol. The Hall–Kier alpha value is -5.84. The van der Waals surface area contributed by atoms with Gasteiger partial charge in [0, 0.05) is 86.4 Å². The number of pyridine rings is 2. The number of hydrogen-bond donors (Lipinski definition) is 4. The highest BCUT2D eigenvalue weighted by Crippen LogP contribution is 2.36. The number of hydrogen-bond acceptors (Lipinski definition) is 11. The van der Waals surface area contributed by atoms with Crippen molar-refractivity contribution in [3.8, 4) is 17.0 Å². The van der Waals surface area contributed by atoms with E-state index in [1.807, 2.05) is 62.2 Å². The molecule has 0 bridgehead atoms. The summed E-state index contributed by atoms with van der Waals surface area (Å²) in [5, 5.41) is 17.8. The predicted octanol–water partition coefficient (Wildman–Crippen LogP) is 6.88. The molecule has 3 fully saturated rings. The van der Waals surface area contributed by atoms with Gasteiger partial charge in [-0.1, -0.05) is 43.1 Å². The molecule has 2 aromatic carbocycles. The summed E-state index contributed by atoms with van der Waals surface area (Å²) in [6.07, 6.45) is 6.80. The molecule has 5 aromatic rings. The molecule has 6 heterocycles. The second-order valence-corrected chi connectivity index (χ2v) is 18.7. The molecule has 342 valence electrons. The molecule has 18 heteroatoms. The van der Waals surface area contributed by atoms with Gasteiger partial charge in [-0.05, 0) is 98.6 Å². The van der Waals surface area contributed by atoms with Gasteiger partial charge in [0.1, 0.15) is 35.2 Å². The van der Waals surface area contributed by atoms with Crippen LogP contribution in [0.4, 0.5) is 15.9 Å². The number of carbonyl (C=O) groups excluding carboxylic acids is 4. The predicted molar refractivity (Wildman–Crippen MR) is 247 cm³/mol. The molecule has 3 aromatic heterocycles. The average Bonchev–Trinajstić information content (AvgIpc) is 3.70. The highest BCUT2D eigenvalue weighted by atomic mass is 35.5. The summed E-state index contributed by atoms with van der Waals surface area (Å²) in [4.78, 5) is 65.0. The third kappa shape index (κ3) is 11.0. The molecule has 0 radical (unpaired) electrons. The molecule has 1 unspecified atom stereocenters. The Balaban J connectivity index is 0.758. The van der Waals surface area contributed by atoms with E-state index in [0.29, 0.717) is 104 Å². The first-order valence-electron chi connectivity index (χ1n) is 22.0. The Morgan fingerprint density at radius 1 is 0.954 bits per heavy atom. The Morgan fingerprint density at radius 3 is 2.40 bits per heavy atom. The van der Waals surface area contributed by atoms with E-state index in [1.54, 1.807) is 24.5 Å². The summed E-state index contributed by atoms with van der Waals surface area (Å²) in [6, 6.07) is 14.0. The van der Waals surface area contributed by atoms with Crippen molar-refractivity contribution < 1.29 is 28.3 Å². The Morgan fingerprint density at radius 2 is 1.71 bits per heavy atom. The van der Waals surface area contributed by atoms with Crippen LogP contribution in [0.5, 0.6) is 5.75 Å². The summed E-state index contributed by atoms with van der Waals surface area (Å²) in [6.45, 7) is 10.2. The third-order valence-electron chi connectivity index (χ3n) is 12.5. The summed E-state index contributed by atoms with van der Waals surface area (Å²) >= 11 is 12.7. The number of ether oxygens (including phenoxy) is 1. The number of nitrogens with one attached hydrogen (secondary N) is 4. The molecule has 3 saturated heterocycles. The summed E-state index contributed by atoms with van der Waals surface area (Å²) < 4.78 is 21.5. The lowest BCUT2D eigenvalue weighted by atomic mass is 9.88. The van der Waals surface area contributed by atoms with Crippen LogP contribution in [0.15, 0.2) is 67.1 Å². The van der Waals surface area contributed by atoms with E-state index in [0.717, 1.165) is 28.0 Å². The number of nitrogens with zero attached hydrogens (tertiary/aromatic N) is 6. The fraction of sp³-hybridized carbons (Fsp3) is 0.426. The number of amides is 4. The minimum atomic E-state index is -0.581. The zero-order valence-electron chi connectivity index (χ0n) is 36.6. The maximum Gasteiger partial charge on any atom is 0.249 e. The van der Waals surface area contributed by atoms with Crippen molar-refractivity contribution >= 4 is 69.2 Å². The van der Waals surface area contributed by atoms with Gasteiger partial charge >= 0.3 is 0 Å². The van der Waals surface area contributed by atoms with E-state index in [2.05, 4.69) is 40.9 Å². The van der Waals surface area contributed by atoms with E-state index in [4.69, 9.17) is 32.9 Å². The highest BCUT2D eigenvalue weighted by molar-refractivity contribution is 6.35. The molecule has 65 heavy (non-hydrogen) atoms. The Labute approximate surface area is 386 Å². The molecule has 8 rings (SSSR count). The maximum absolute atomic E-state index is 15.2. The van der Waals surface area contributed by atoms with Gasteiger partial charge in [-0.25, -0.2) is 9.37 Å². The SMILES string of the molecule is C[C@@H](Oc1ccc2[nH]nc(-c3ccc(N4CCN(C(=O)CC(C)(C)CNC(=O)CN5CCC(c6ccc(NC7CCC(=O)NC7=O)cc6F)CC5)CC4)nc3)c2c1)c1c(Cl)cncc1Cl. The summed E-state index contributed by atoms with van der Waals surface area (Å²) in [7, 11) is 0. The lowest BCUT2D eigenvalue weighted by molar-refractivity contribution is -0.134. The van der Waals surface area contributed by atoms with Crippen LogP contribution in [0.25, 0.3) is 22.2 Å². The second-order valence-electron chi connectivity index (χ2n) is 17.9. The van der Waals surface area contributed by atoms with Crippen molar-refractivity contribution in [1.29, 1.82) is 0 Å². The van der Waals surface area contributed by atoms with E-state index in [9.17, 15) is 19.2 Å². The Kier molecular flexibility index (Phi) is 13.9. The molecule has 0 spiro atoms. The van der Waals surface area contributed by atoms with Crippen LogP contribution in [0.1, 0.15) is 76.0 Å². The van der Waals surface area contributed by atoms with Crippen LogP contribution in [-0.4, -0.2) is 112 Å². The number of benzene rings is 2. The molecule has 3 aliphatic heterocycles. The quantitative estimate of drug-likeness (QED) is 0.0854. The zero-order chi connectivity index (χ0) is 45.8. The van der Waals surface area contributed by atoms with Crippen LogP contribution in [0.3, 0.4) is 0 Å². The lowest BCUT2D eigenvalue weighted by Gasteiger charge is -2.37. The van der Waals surface area contributed by atoms with E-state index >= 15 is 4.39 Å². The number of likely N-dealkylation sites (tertiary alicyclic amines) is 1. The molecule has 3 aliphatic rings. The molecule has 15 nitrogen and oxygen atoms in total. The number of fused-ring (bicyclic) bond motifs is 1. The van der Waals surface area contributed by atoms with Gasteiger partial charge in [-0.15, -0.1) is 0 Å².